The molecule has 1 aliphatic carbocycles. The van der Waals surface area contributed by atoms with Crippen molar-refractivity contribution in [1.82, 2.24) is 0 Å². The summed E-state index contributed by atoms with van der Waals surface area (Å²) < 4.78 is 4.11. The summed E-state index contributed by atoms with van der Waals surface area (Å²) in [6.45, 7) is 10.9. The molecule has 0 spiro atoms. The molecule has 0 aromatic rings. The van der Waals surface area contributed by atoms with E-state index in [0.717, 1.165) is 11.8 Å². The lowest BCUT2D eigenvalue weighted by atomic mass is 9.68. The minimum Gasteiger partial charge on any atom is -0.469 e. The first kappa shape index (κ1) is 14.5. The van der Waals surface area contributed by atoms with Crippen molar-refractivity contribution in [2.45, 2.75) is 53.9 Å². The van der Waals surface area contributed by atoms with Crippen molar-refractivity contribution < 1.29 is 9.53 Å². The lowest BCUT2D eigenvalue weighted by molar-refractivity contribution is -0.137. The van der Waals surface area contributed by atoms with Gasteiger partial charge < -0.3 is 4.74 Å². The Hall–Kier alpha value is -0.530. The molecule has 0 aromatic carbocycles. The lowest BCUT2D eigenvalue weighted by Gasteiger charge is -2.37. The largest absolute Gasteiger partial charge is 0.469 e. The Bertz CT molecular complexity index is 197. The fourth-order valence-corrected chi connectivity index (χ4v) is 2.08. The van der Waals surface area contributed by atoms with Crippen LogP contribution in [0.2, 0.25) is 0 Å². The molecular weight excluding hydrogens is 188 g/mol. The monoisotopic (exact) mass is 214 g/mol. The summed E-state index contributed by atoms with van der Waals surface area (Å²) in [6, 6.07) is 0. The van der Waals surface area contributed by atoms with Crippen LogP contribution in [0, 0.1) is 17.3 Å². The number of hydrogen-bond donors (Lipinski definition) is 0. The third-order valence-corrected chi connectivity index (χ3v) is 3.41. The molecule has 0 N–H and O–H groups in total. The first-order valence-electron chi connectivity index (χ1n) is 5.83. The number of carbonyl (C=O) groups is 1. The molecular formula is C13H26O2. The number of methoxy groups -OCH3 is 1. The van der Waals surface area contributed by atoms with E-state index in [1.165, 1.54) is 33.3 Å². The Morgan fingerprint density at radius 1 is 1.27 bits per heavy atom. The van der Waals surface area contributed by atoms with Gasteiger partial charge in [0.05, 0.1) is 7.11 Å². The van der Waals surface area contributed by atoms with Crippen molar-refractivity contribution in [1.29, 1.82) is 0 Å². The van der Waals surface area contributed by atoms with Crippen molar-refractivity contribution in [3.05, 3.63) is 0 Å². The number of ether oxygens (including phenoxy) is 1. The smallest absolute Gasteiger partial charge is 0.302 e. The van der Waals surface area contributed by atoms with E-state index in [4.69, 9.17) is 0 Å². The number of hydrogen-bond acceptors (Lipinski definition) is 2. The van der Waals surface area contributed by atoms with Crippen LogP contribution in [-0.4, -0.2) is 13.1 Å². The van der Waals surface area contributed by atoms with Crippen LogP contribution in [0.5, 0.6) is 0 Å². The highest BCUT2D eigenvalue weighted by Gasteiger charge is 2.29. The molecule has 2 unspecified atom stereocenters. The van der Waals surface area contributed by atoms with Crippen LogP contribution in [0.1, 0.15) is 53.9 Å². The summed E-state index contributed by atoms with van der Waals surface area (Å²) in [5, 5.41) is 0. The molecule has 90 valence electrons. The Balaban J connectivity index is 0.000000336. The fourth-order valence-electron chi connectivity index (χ4n) is 2.08. The van der Waals surface area contributed by atoms with Crippen molar-refractivity contribution >= 4 is 5.97 Å². The summed E-state index contributed by atoms with van der Waals surface area (Å²) in [4.78, 5) is 9.59. The van der Waals surface area contributed by atoms with E-state index in [-0.39, 0.29) is 5.97 Å². The second-order valence-electron chi connectivity index (χ2n) is 5.56. The summed E-state index contributed by atoms with van der Waals surface area (Å²) in [5.41, 5.74) is 0.631. The van der Waals surface area contributed by atoms with E-state index in [2.05, 4.69) is 32.4 Å². The van der Waals surface area contributed by atoms with Gasteiger partial charge in [-0.1, -0.05) is 27.7 Å². The molecule has 2 nitrogen and oxygen atoms in total. The number of esters is 1. The third-order valence-electron chi connectivity index (χ3n) is 3.41. The zero-order valence-corrected chi connectivity index (χ0v) is 11.1. The van der Waals surface area contributed by atoms with E-state index in [1.807, 2.05) is 0 Å². The van der Waals surface area contributed by atoms with Crippen molar-refractivity contribution in [3.8, 4) is 0 Å². The van der Waals surface area contributed by atoms with Gasteiger partial charge in [0.15, 0.2) is 0 Å². The first-order valence-corrected chi connectivity index (χ1v) is 5.83. The van der Waals surface area contributed by atoms with Gasteiger partial charge in [0, 0.05) is 6.92 Å². The predicted octanol–water partition coefficient (Wildman–Crippen LogP) is 3.65. The van der Waals surface area contributed by atoms with Gasteiger partial charge in [0.1, 0.15) is 0 Å². The van der Waals surface area contributed by atoms with Crippen molar-refractivity contribution in [2.24, 2.45) is 17.3 Å². The SMILES string of the molecule is CC1CCC(C)(C)CC1C.COC(C)=O. The molecule has 0 aromatic heterocycles. The van der Waals surface area contributed by atoms with Crippen LogP contribution >= 0.6 is 0 Å². The summed E-state index contributed by atoms with van der Waals surface area (Å²) in [7, 11) is 1.35. The van der Waals surface area contributed by atoms with Gasteiger partial charge in [-0.25, -0.2) is 0 Å². The minimum atomic E-state index is -0.245. The van der Waals surface area contributed by atoms with Gasteiger partial charge in [-0.3, -0.25) is 4.79 Å². The molecule has 0 heterocycles. The van der Waals surface area contributed by atoms with E-state index < -0.39 is 0 Å². The summed E-state index contributed by atoms with van der Waals surface area (Å²) >= 11 is 0. The Labute approximate surface area is 94.4 Å². The second kappa shape index (κ2) is 6.14. The molecule has 0 amide bonds. The molecule has 15 heavy (non-hydrogen) atoms. The maximum atomic E-state index is 9.59. The highest BCUT2D eigenvalue weighted by Crippen LogP contribution is 2.41. The first-order chi connectivity index (χ1) is 6.78. The van der Waals surface area contributed by atoms with Crippen LogP contribution in [0.15, 0.2) is 0 Å². The highest BCUT2D eigenvalue weighted by molar-refractivity contribution is 5.65. The Kier molecular flexibility index (Phi) is 5.92. The number of rotatable bonds is 0. The molecule has 1 saturated carbocycles. The highest BCUT2D eigenvalue weighted by atomic mass is 16.5. The maximum Gasteiger partial charge on any atom is 0.302 e. The molecule has 2 heteroatoms. The van der Waals surface area contributed by atoms with E-state index >= 15 is 0 Å². The van der Waals surface area contributed by atoms with Gasteiger partial charge in [-0.05, 0) is 36.5 Å². The standard InChI is InChI=1S/C10H20.C3H6O2/c1-8-5-6-10(3,4)7-9(8)2;1-3(4)5-2/h8-9H,5-7H2,1-4H3;1-2H3. The second-order valence-corrected chi connectivity index (χ2v) is 5.56. The van der Waals surface area contributed by atoms with Crippen molar-refractivity contribution in [3.63, 3.8) is 0 Å². The minimum absolute atomic E-state index is 0.245. The number of carbonyl (C=O) groups excluding carboxylic acids is 1. The van der Waals surface area contributed by atoms with E-state index in [0.29, 0.717) is 5.41 Å². The molecule has 1 aliphatic rings. The maximum absolute atomic E-state index is 9.59. The van der Waals surface area contributed by atoms with Gasteiger partial charge >= 0.3 is 5.97 Å². The Morgan fingerprint density at radius 2 is 1.73 bits per heavy atom. The summed E-state index contributed by atoms with van der Waals surface area (Å²) in [6.07, 6.45) is 4.29. The average molecular weight is 214 g/mol. The molecule has 0 saturated heterocycles. The average Bonchev–Trinajstić information content (AvgIpc) is 2.12. The van der Waals surface area contributed by atoms with Gasteiger partial charge in [-0.2, -0.15) is 0 Å². The van der Waals surface area contributed by atoms with Crippen LogP contribution in [-0.2, 0) is 9.53 Å². The topological polar surface area (TPSA) is 26.3 Å². The molecule has 1 rings (SSSR count). The van der Waals surface area contributed by atoms with Crippen LogP contribution in [0.3, 0.4) is 0 Å². The molecule has 0 aliphatic heterocycles. The molecule has 0 radical (unpaired) electrons. The van der Waals surface area contributed by atoms with Gasteiger partial charge in [-0.15, -0.1) is 0 Å². The third kappa shape index (κ3) is 6.53. The van der Waals surface area contributed by atoms with E-state index in [1.54, 1.807) is 0 Å². The van der Waals surface area contributed by atoms with Crippen LogP contribution < -0.4 is 0 Å². The predicted molar refractivity (Wildman–Crippen MR) is 63.7 cm³/mol. The van der Waals surface area contributed by atoms with Gasteiger partial charge in [0.25, 0.3) is 0 Å². The molecule has 1 fully saturated rings. The van der Waals surface area contributed by atoms with Crippen LogP contribution in [0.25, 0.3) is 0 Å². The fraction of sp³-hybridized carbons (Fsp3) is 0.923. The van der Waals surface area contributed by atoms with Crippen LogP contribution in [0.4, 0.5) is 0 Å². The van der Waals surface area contributed by atoms with E-state index in [9.17, 15) is 4.79 Å². The molecule has 0 bridgehead atoms. The Morgan fingerprint density at radius 3 is 2.00 bits per heavy atom. The normalized spacial score (nSPS) is 28.7. The van der Waals surface area contributed by atoms with Gasteiger partial charge in [0.2, 0.25) is 0 Å². The quantitative estimate of drug-likeness (QED) is 0.575. The van der Waals surface area contributed by atoms with Crippen molar-refractivity contribution in [2.75, 3.05) is 7.11 Å². The molecule has 2 atom stereocenters. The lowest BCUT2D eigenvalue weighted by Crippen LogP contribution is -2.26. The zero-order valence-electron chi connectivity index (χ0n) is 11.1. The summed E-state index contributed by atoms with van der Waals surface area (Å²) in [5.74, 6) is 1.67. The zero-order chi connectivity index (χ0) is 12.1.